The Morgan fingerprint density at radius 1 is 1.27 bits per heavy atom. The van der Waals surface area contributed by atoms with Gasteiger partial charge in [0.2, 0.25) is 0 Å². The molecule has 3 aliphatic rings. The number of nitrogens with two attached hydrogens (primary N) is 1. The largest absolute Gasteiger partial charge is 0.347 e. The molecule has 1 saturated carbocycles. The predicted molar refractivity (Wildman–Crippen MR) is 102 cm³/mol. The second-order valence-electron chi connectivity index (χ2n) is 8.00. The molecule has 2 N–H and O–H groups in total. The first kappa shape index (κ1) is 19.8. The Morgan fingerprint density at radius 2 is 2.03 bits per heavy atom. The molecule has 0 unspecified atom stereocenters. The smallest absolute Gasteiger partial charge is 0.333 e. The Balaban J connectivity index is 1.48. The summed E-state index contributed by atoms with van der Waals surface area (Å²) < 4.78 is 46.9. The molecule has 160 valence electrons. The second kappa shape index (κ2) is 6.94. The van der Waals surface area contributed by atoms with Crippen molar-refractivity contribution in [3.8, 4) is 11.8 Å². The van der Waals surface area contributed by atoms with Crippen LogP contribution in [0.4, 0.5) is 0 Å². The molecule has 12 heteroatoms. The zero-order valence-corrected chi connectivity index (χ0v) is 17.2. The topological polar surface area (TPSA) is 141 Å². The Labute approximate surface area is 173 Å². The standard InChI is InChI=1S/C18H21N5O6S/c1-18(2)28-14-12(7-26-30(19,24)25)27-17(15(14)29-18)23-9-22-13-11(6-5-10-3-4-10)20-8-21-16(13)23/h8-10,12,14-15,17H,3-4,7H2,1-2H3,(H2,19,24,25)/t12-,14-,15-,17-/m1/s1. The van der Waals surface area contributed by atoms with E-state index in [0.29, 0.717) is 22.8 Å². The lowest BCUT2D eigenvalue weighted by Crippen LogP contribution is -2.34. The first-order chi connectivity index (χ1) is 14.2. The summed E-state index contributed by atoms with van der Waals surface area (Å²) >= 11 is 0. The molecule has 0 radical (unpaired) electrons. The van der Waals surface area contributed by atoms with Gasteiger partial charge in [0.25, 0.3) is 0 Å². The van der Waals surface area contributed by atoms with E-state index in [1.807, 2.05) is 0 Å². The number of hydrogen-bond donors (Lipinski definition) is 1. The Hall–Kier alpha value is -2.14. The van der Waals surface area contributed by atoms with Crippen molar-refractivity contribution in [3.05, 3.63) is 18.3 Å². The third-order valence-corrected chi connectivity index (χ3v) is 5.59. The zero-order valence-electron chi connectivity index (χ0n) is 16.4. The van der Waals surface area contributed by atoms with Crippen LogP contribution in [0.1, 0.15) is 38.6 Å². The third kappa shape index (κ3) is 3.80. The minimum atomic E-state index is -4.12. The van der Waals surface area contributed by atoms with Gasteiger partial charge in [0, 0.05) is 5.92 Å². The summed E-state index contributed by atoms with van der Waals surface area (Å²) in [4.78, 5) is 13.0. The van der Waals surface area contributed by atoms with Crippen molar-refractivity contribution in [2.45, 2.75) is 57.0 Å². The molecule has 2 aromatic heterocycles. The van der Waals surface area contributed by atoms with E-state index >= 15 is 0 Å². The first-order valence-electron chi connectivity index (χ1n) is 9.57. The quantitative estimate of drug-likeness (QED) is 0.668. The van der Waals surface area contributed by atoms with E-state index in [-0.39, 0.29) is 6.61 Å². The Kier molecular flexibility index (Phi) is 4.58. The zero-order chi connectivity index (χ0) is 21.1. The van der Waals surface area contributed by atoms with Crippen molar-refractivity contribution in [3.63, 3.8) is 0 Å². The minimum absolute atomic E-state index is 0.296. The lowest BCUT2D eigenvalue weighted by atomic mass is 10.1. The van der Waals surface area contributed by atoms with Crippen molar-refractivity contribution in [2.75, 3.05) is 6.61 Å². The van der Waals surface area contributed by atoms with Crippen LogP contribution < -0.4 is 5.14 Å². The molecule has 0 aromatic carbocycles. The summed E-state index contributed by atoms with van der Waals surface area (Å²) in [6.45, 7) is 3.26. The highest BCUT2D eigenvalue weighted by molar-refractivity contribution is 7.84. The van der Waals surface area contributed by atoms with Gasteiger partial charge in [-0.3, -0.25) is 8.75 Å². The maximum absolute atomic E-state index is 11.2. The highest BCUT2D eigenvalue weighted by atomic mass is 32.2. The van der Waals surface area contributed by atoms with Crippen molar-refractivity contribution in [1.82, 2.24) is 19.5 Å². The van der Waals surface area contributed by atoms with Gasteiger partial charge in [0.15, 0.2) is 17.7 Å². The predicted octanol–water partition coefficient (Wildman–Crippen LogP) is 0.225. The Bertz CT molecular complexity index is 1150. The van der Waals surface area contributed by atoms with Crippen LogP contribution in [0.15, 0.2) is 12.7 Å². The van der Waals surface area contributed by atoms with Gasteiger partial charge in [-0.1, -0.05) is 5.92 Å². The fraction of sp³-hybridized carbons (Fsp3) is 0.611. The van der Waals surface area contributed by atoms with Crippen LogP contribution in [-0.2, 0) is 28.7 Å². The molecule has 4 atom stereocenters. The first-order valence-corrected chi connectivity index (χ1v) is 11.0. The summed E-state index contributed by atoms with van der Waals surface area (Å²) in [5.74, 6) is 5.82. The fourth-order valence-electron chi connectivity index (χ4n) is 3.71. The van der Waals surface area contributed by atoms with Crippen LogP contribution in [0.2, 0.25) is 0 Å². The highest BCUT2D eigenvalue weighted by Gasteiger charge is 2.56. The van der Waals surface area contributed by atoms with Gasteiger partial charge >= 0.3 is 10.3 Å². The maximum Gasteiger partial charge on any atom is 0.333 e. The lowest BCUT2D eigenvalue weighted by molar-refractivity contribution is -0.198. The molecular weight excluding hydrogens is 414 g/mol. The third-order valence-electron chi connectivity index (χ3n) is 5.13. The summed E-state index contributed by atoms with van der Waals surface area (Å²) in [5, 5.41) is 4.96. The van der Waals surface area contributed by atoms with Crippen molar-refractivity contribution in [1.29, 1.82) is 0 Å². The van der Waals surface area contributed by atoms with Gasteiger partial charge in [0.05, 0.1) is 12.9 Å². The second-order valence-corrected chi connectivity index (χ2v) is 9.22. The molecular formula is C18H21N5O6S. The van der Waals surface area contributed by atoms with Crippen LogP contribution in [0.5, 0.6) is 0 Å². The number of aromatic nitrogens is 4. The number of hydrogen-bond acceptors (Lipinski definition) is 9. The van der Waals surface area contributed by atoms with Gasteiger partial charge in [-0.15, -0.1) is 0 Å². The van der Waals surface area contributed by atoms with Crippen LogP contribution in [0, 0.1) is 17.8 Å². The van der Waals surface area contributed by atoms with Crippen LogP contribution in [-0.4, -0.2) is 58.6 Å². The normalized spacial score (nSPS) is 30.2. The fourth-order valence-corrected chi connectivity index (χ4v) is 4.03. The summed E-state index contributed by atoms with van der Waals surface area (Å²) in [7, 11) is -4.12. The molecule has 2 saturated heterocycles. The van der Waals surface area contributed by atoms with Gasteiger partial charge in [0.1, 0.15) is 35.8 Å². The average Bonchev–Trinajstić information content (AvgIpc) is 3.19. The van der Waals surface area contributed by atoms with Crippen LogP contribution in [0.3, 0.4) is 0 Å². The van der Waals surface area contributed by atoms with E-state index in [0.717, 1.165) is 12.8 Å². The average molecular weight is 435 g/mol. The van der Waals surface area contributed by atoms with E-state index < -0.39 is 40.6 Å². The van der Waals surface area contributed by atoms with Crippen molar-refractivity contribution in [2.24, 2.45) is 11.1 Å². The molecule has 0 bridgehead atoms. The van der Waals surface area contributed by atoms with Gasteiger partial charge in [-0.25, -0.2) is 20.1 Å². The van der Waals surface area contributed by atoms with E-state index in [9.17, 15) is 8.42 Å². The van der Waals surface area contributed by atoms with Crippen molar-refractivity contribution >= 4 is 21.5 Å². The molecule has 2 aromatic rings. The summed E-state index contributed by atoms with van der Waals surface area (Å²) in [6.07, 6.45) is 2.79. The van der Waals surface area contributed by atoms with E-state index in [1.165, 1.54) is 6.33 Å². The molecule has 5 rings (SSSR count). The number of rotatable bonds is 4. The molecule has 2 aliphatic heterocycles. The monoisotopic (exact) mass is 435 g/mol. The van der Waals surface area contributed by atoms with Crippen LogP contribution >= 0.6 is 0 Å². The summed E-state index contributed by atoms with van der Waals surface area (Å²) in [5.41, 5.74) is 1.65. The summed E-state index contributed by atoms with van der Waals surface area (Å²) in [6, 6.07) is 0. The minimum Gasteiger partial charge on any atom is -0.347 e. The number of imidazole rings is 1. The molecule has 3 fully saturated rings. The molecule has 0 spiro atoms. The maximum atomic E-state index is 11.2. The van der Waals surface area contributed by atoms with Crippen LogP contribution in [0.25, 0.3) is 11.2 Å². The van der Waals surface area contributed by atoms with Crippen molar-refractivity contribution < 1.29 is 26.8 Å². The highest BCUT2D eigenvalue weighted by Crippen LogP contribution is 2.43. The molecule has 11 nitrogen and oxygen atoms in total. The van der Waals surface area contributed by atoms with E-state index in [1.54, 1.807) is 24.7 Å². The molecule has 0 amide bonds. The number of ether oxygens (including phenoxy) is 3. The van der Waals surface area contributed by atoms with E-state index in [4.69, 9.17) is 23.5 Å². The van der Waals surface area contributed by atoms with Gasteiger partial charge < -0.3 is 14.2 Å². The Morgan fingerprint density at radius 3 is 2.77 bits per heavy atom. The molecule has 1 aliphatic carbocycles. The molecule has 30 heavy (non-hydrogen) atoms. The SMILES string of the molecule is CC1(C)O[C@@H]2[C@H](O1)[C@@H](COS(N)(=O)=O)O[C@H]2n1cnc2c(C#CC3CC3)ncnc21. The van der Waals surface area contributed by atoms with Gasteiger partial charge in [-0.05, 0) is 32.6 Å². The number of fused-ring (bicyclic) bond motifs is 2. The van der Waals surface area contributed by atoms with E-state index in [2.05, 4.69) is 26.8 Å². The molecule has 4 heterocycles. The number of nitrogens with zero attached hydrogens (tertiary/aromatic N) is 4. The van der Waals surface area contributed by atoms with Gasteiger partial charge in [-0.2, -0.15) is 8.42 Å². The lowest BCUT2D eigenvalue weighted by Gasteiger charge is -2.24.